The third-order valence-electron chi connectivity index (χ3n) is 2.00. The third-order valence-corrected chi connectivity index (χ3v) is 2.00. The predicted octanol–water partition coefficient (Wildman–Crippen LogP) is 2.08. The van der Waals surface area contributed by atoms with E-state index in [1.807, 2.05) is 0 Å². The monoisotopic (exact) mass is 237 g/mol. The minimum atomic E-state index is 0. The molecule has 1 aliphatic heterocycles. The fraction of sp³-hybridized carbons (Fsp3) is 0.300. The molecule has 0 unspecified atom stereocenters. The molecular formula is C10H14NY-. The molecule has 1 nitrogen and oxygen atoms in total. The maximum atomic E-state index is 2.32. The number of hydrogen-bond donors (Lipinski definition) is 0. The van der Waals surface area contributed by atoms with Crippen molar-refractivity contribution in [1.29, 1.82) is 0 Å². The second-order valence-electron chi connectivity index (χ2n) is 2.94. The van der Waals surface area contributed by atoms with E-state index in [1.54, 1.807) is 0 Å². The number of hydrogen-bond acceptors (Lipinski definition) is 1. The summed E-state index contributed by atoms with van der Waals surface area (Å²) in [5.74, 6) is 0. The summed E-state index contributed by atoms with van der Waals surface area (Å²) in [4.78, 5) is 2.32. The van der Waals surface area contributed by atoms with Crippen LogP contribution in [0.25, 0.3) is 0 Å². The minimum Gasteiger partial charge on any atom is -0.358 e. The van der Waals surface area contributed by atoms with Gasteiger partial charge in [-0.25, -0.2) is 0 Å². The molecule has 1 aromatic rings. The molecule has 1 aromatic carbocycles. The Hall–Kier alpha value is 0.284. The zero-order valence-corrected chi connectivity index (χ0v) is 10.6. The van der Waals surface area contributed by atoms with Crippen molar-refractivity contribution in [2.45, 2.75) is 13.1 Å². The van der Waals surface area contributed by atoms with Crippen LogP contribution in [0, 0.1) is 7.43 Å². The first kappa shape index (κ1) is 12.3. The molecule has 1 heterocycles. The fourth-order valence-electron chi connectivity index (χ4n) is 1.50. The second-order valence-corrected chi connectivity index (χ2v) is 2.94. The van der Waals surface area contributed by atoms with E-state index in [9.17, 15) is 0 Å². The summed E-state index contributed by atoms with van der Waals surface area (Å²) in [5.41, 5.74) is 2.98. The van der Waals surface area contributed by atoms with E-state index in [0.717, 1.165) is 13.1 Å². The first-order valence-corrected chi connectivity index (χ1v) is 3.61. The number of rotatable bonds is 0. The Balaban J connectivity index is 0.000000605. The second kappa shape index (κ2) is 5.11. The van der Waals surface area contributed by atoms with Gasteiger partial charge in [0.15, 0.2) is 0 Å². The summed E-state index contributed by atoms with van der Waals surface area (Å²) in [6.45, 7) is 2.24. The molecule has 2 rings (SSSR count). The molecule has 0 saturated heterocycles. The van der Waals surface area contributed by atoms with Crippen LogP contribution < -0.4 is 0 Å². The van der Waals surface area contributed by atoms with Gasteiger partial charge in [-0.1, -0.05) is 24.3 Å². The molecular weight excluding hydrogens is 223 g/mol. The van der Waals surface area contributed by atoms with Gasteiger partial charge >= 0.3 is 0 Å². The van der Waals surface area contributed by atoms with E-state index in [2.05, 4.69) is 36.2 Å². The minimum absolute atomic E-state index is 0. The van der Waals surface area contributed by atoms with E-state index < -0.39 is 0 Å². The molecule has 0 atom stereocenters. The first-order valence-electron chi connectivity index (χ1n) is 3.61. The summed E-state index contributed by atoms with van der Waals surface area (Å²) >= 11 is 0. The van der Waals surface area contributed by atoms with Gasteiger partial charge in [-0.2, -0.15) is 0 Å². The molecule has 0 saturated carbocycles. The molecule has 0 amide bonds. The third kappa shape index (κ3) is 2.38. The van der Waals surface area contributed by atoms with Crippen LogP contribution in [-0.2, 0) is 45.8 Å². The Bertz CT molecular complexity index is 222. The summed E-state index contributed by atoms with van der Waals surface area (Å²) in [6, 6.07) is 8.63. The van der Waals surface area contributed by atoms with Gasteiger partial charge in [0, 0.05) is 45.8 Å². The molecule has 12 heavy (non-hydrogen) atoms. The van der Waals surface area contributed by atoms with Crippen LogP contribution in [0.5, 0.6) is 0 Å². The number of nitrogens with zero attached hydrogens (tertiary/aromatic N) is 1. The van der Waals surface area contributed by atoms with Crippen molar-refractivity contribution in [1.82, 2.24) is 4.90 Å². The quantitative estimate of drug-likeness (QED) is 0.624. The van der Waals surface area contributed by atoms with E-state index in [1.165, 1.54) is 11.1 Å². The zero-order chi connectivity index (χ0) is 6.97. The average molecular weight is 237 g/mol. The smallest absolute Gasteiger partial charge is 0.0237 e. The van der Waals surface area contributed by atoms with Gasteiger partial charge in [-0.3, -0.25) is 4.90 Å². The maximum absolute atomic E-state index is 2.32. The van der Waals surface area contributed by atoms with Crippen molar-refractivity contribution in [2.75, 3.05) is 7.05 Å². The van der Waals surface area contributed by atoms with Crippen molar-refractivity contribution in [3.63, 3.8) is 0 Å². The van der Waals surface area contributed by atoms with Crippen molar-refractivity contribution >= 4 is 0 Å². The zero-order valence-electron chi connectivity index (χ0n) is 7.75. The molecule has 1 radical (unpaired) electrons. The molecule has 0 spiro atoms. The summed E-state index contributed by atoms with van der Waals surface area (Å²) in [7, 11) is 2.15. The van der Waals surface area contributed by atoms with Crippen molar-refractivity contribution in [2.24, 2.45) is 0 Å². The molecule has 2 heteroatoms. The van der Waals surface area contributed by atoms with Crippen LogP contribution in [-0.4, -0.2) is 11.9 Å². The molecule has 63 valence electrons. The largest absolute Gasteiger partial charge is 0.358 e. The van der Waals surface area contributed by atoms with Gasteiger partial charge in [0.05, 0.1) is 0 Å². The standard InChI is InChI=1S/C9H11N.CH3.Y/c1-10-6-8-4-2-3-5-9(8)7-10;;/h2-5H,6-7H2,1H3;1H3;/q;-1;. The van der Waals surface area contributed by atoms with Gasteiger partial charge in [0.25, 0.3) is 0 Å². The SMILES string of the molecule is CN1Cc2ccccc2C1.[CH3-].[Y]. The molecule has 0 bridgehead atoms. The molecule has 0 fully saturated rings. The predicted molar refractivity (Wildman–Crippen MR) is 48.0 cm³/mol. The number of benzene rings is 1. The van der Waals surface area contributed by atoms with E-state index in [0.29, 0.717) is 0 Å². The first-order chi connectivity index (χ1) is 4.86. The Kier molecular flexibility index (Phi) is 5.23. The van der Waals surface area contributed by atoms with Crippen LogP contribution in [0.1, 0.15) is 11.1 Å². The fourth-order valence-corrected chi connectivity index (χ4v) is 1.50. The number of fused-ring (bicyclic) bond motifs is 1. The Labute approximate surface area is 100 Å². The van der Waals surface area contributed by atoms with Gasteiger partial charge in [0.2, 0.25) is 0 Å². The van der Waals surface area contributed by atoms with Crippen LogP contribution >= 0.6 is 0 Å². The van der Waals surface area contributed by atoms with E-state index >= 15 is 0 Å². The van der Waals surface area contributed by atoms with Gasteiger partial charge in [-0.05, 0) is 18.2 Å². The van der Waals surface area contributed by atoms with Crippen LogP contribution in [0.2, 0.25) is 0 Å². The van der Waals surface area contributed by atoms with Gasteiger partial charge < -0.3 is 7.43 Å². The molecule has 1 aliphatic rings. The van der Waals surface area contributed by atoms with Crippen molar-refractivity contribution < 1.29 is 32.7 Å². The van der Waals surface area contributed by atoms with Crippen molar-refractivity contribution in [3.8, 4) is 0 Å². The van der Waals surface area contributed by atoms with E-state index in [4.69, 9.17) is 0 Å². The summed E-state index contributed by atoms with van der Waals surface area (Å²) < 4.78 is 0. The Morgan fingerprint density at radius 1 is 1.08 bits per heavy atom. The summed E-state index contributed by atoms with van der Waals surface area (Å²) in [5, 5.41) is 0. The van der Waals surface area contributed by atoms with Gasteiger partial charge in [0.1, 0.15) is 0 Å². The van der Waals surface area contributed by atoms with E-state index in [-0.39, 0.29) is 40.1 Å². The molecule has 0 aliphatic carbocycles. The normalized spacial score (nSPS) is 14.4. The van der Waals surface area contributed by atoms with Crippen LogP contribution in [0.3, 0.4) is 0 Å². The van der Waals surface area contributed by atoms with Gasteiger partial charge in [-0.15, -0.1) is 0 Å². The summed E-state index contributed by atoms with van der Waals surface area (Å²) in [6.07, 6.45) is 0. The van der Waals surface area contributed by atoms with Crippen molar-refractivity contribution in [3.05, 3.63) is 42.8 Å². The Morgan fingerprint density at radius 3 is 1.92 bits per heavy atom. The molecule has 0 N–H and O–H groups in total. The van der Waals surface area contributed by atoms with Crippen LogP contribution in [0.15, 0.2) is 24.3 Å². The molecule has 0 aromatic heterocycles. The average Bonchev–Trinajstić information content (AvgIpc) is 2.27. The maximum Gasteiger partial charge on any atom is 0.0237 e. The Morgan fingerprint density at radius 2 is 1.50 bits per heavy atom. The van der Waals surface area contributed by atoms with Crippen LogP contribution in [0.4, 0.5) is 0 Å². The topological polar surface area (TPSA) is 3.24 Å².